The van der Waals surface area contributed by atoms with E-state index in [-0.39, 0.29) is 5.91 Å². The largest absolute Gasteiger partial charge is 0.497 e. The van der Waals surface area contributed by atoms with Crippen molar-refractivity contribution in [3.8, 4) is 5.75 Å². The number of thiophene rings is 1. The molecule has 100 valence electrons. The fourth-order valence-corrected chi connectivity index (χ4v) is 2.66. The Bertz CT molecular complexity index is 737. The van der Waals surface area contributed by atoms with Crippen LogP contribution in [-0.4, -0.2) is 23.0 Å². The highest BCUT2D eigenvalue weighted by molar-refractivity contribution is 7.20. The van der Waals surface area contributed by atoms with Gasteiger partial charge < -0.3 is 10.1 Å². The zero-order valence-corrected chi connectivity index (χ0v) is 11.5. The Balaban J connectivity index is 1.85. The molecule has 0 aliphatic rings. The fourth-order valence-electron chi connectivity index (χ4n) is 1.79. The summed E-state index contributed by atoms with van der Waals surface area (Å²) < 4.78 is 5.12. The van der Waals surface area contributed by atoms with Crippen LogP contribution in [0.2, 0.25) is 0 Å². The second-order valence-electron chi connectivity index (χ2n) is 4.08. The van der Waals surface area contributed by atoms with E-state index in [1.807, 2.05) is 18.2 Å². The van der Waals surface area contributed by atoms with E-state index in [0.29, 0.717) is 16.3 Å². The van der Waals surface area contributed by atoms with Gasteiger partial charge in [-0.25, -0.2) is 9.97 Å². The number of methoxy groups -OCH3 is 1. The number of carbonyl (C=O) groups is 1. The molecule has 20 heavy (non-hydrogen) atoms. The van der Waals surface area contributed by atoms with Gasteiger partial charge in [-0.15, -0.1) is 11.3 Å². The van der Waals surface area contributed by atoms with Crippen LogP contribution in [0.1, 0.15) is 9.67 Å². The zero-order chi connectivity index (χ0) is 13.9. The average Bonchev–Trinajstić information content (AvgIpc) is 2.91. The quantitative estimate of drug-likeness (QED) is 0.803. The number of nitrogens with zero attached hydrogens (tertiary/aromatic N) is 2. The minimum Gasteiger partial charge on any atom is -0.497 e. The van der Waals surface area contributed by atoms with Gasteiger partial charge in [-0.05, 0) is 18.2 Å². The van der Waals surface area contributed by atoms with Crippen molar-refractivity contribution in [3.05, 3.63) is 47.7 Å². The van der Waals surface area contributed by atoms with Crippen LogP contribution in [0.4, 0.5) is 5.69 Å². The molecule has 0 atom stereocenters. The van der Waals surface area contributed by atoms with Gasteiger partial charge >= 0.3 is 0 Å². The van der Waals surface area contributed by atoms with Crippen LogP contribution in [0.15, 0.2) is 42.9 Å². The average molecular weight is 285 g/mol. The molecule has 5 nitrogen and oxygen atoms in total. The van der Waals surface area contributed by atoms with E-state index in [1.165, 1.54) is 17.7 Å². The number of nitrogens with one attached hydrogen (secondary N) is 1. The molecule has 3 aromatic rings. The van der Waals surface area contributed by atoms with Gasteiger partial charge in [0.15, 0.2) is 0 Å². The van der Waals surface area contributed by atoms with Crippen molar-refractivity contribution in [2.75, 3.05) is 12.4 Å². The molecule has 0 aliphatic carbocycles. The molecule has 0 fully saturated rings. The SMILES string of the molecule is COc1cccc(NC(=O)c2cc3cncnc3s2)c1. The molecular weight excluding hydrogens is 274 g/mol. The van der Waals surface area contributed by atoms with Gasteiger partial charge in [-0.3, -0.25) is 4.79 Å². The Hall–Kier alpha value is -2.47. The molecule has 6 heteroatoms. The van der Waals surface area contributed by atoms with Crippen LogP contribution >= 0.6 is 11.3 Å². The van der Waals surface area contributed by atoms with Crippen LogP contribution in [0.3, 0.4) is 0 Å². The molecule has 2 heterocycles. The number of benzene rings is 1. The highest BCUT2D eigenvalue weighted by Crippen LogP contribution is 2.24. The third kappa shape index (κ3) is 2.46. The van der Waals surface area contributed by atoms with E-state index >= 15 is 0 Å². The molecule has 0 saturated heterocycles. The van der Waals surface area contributed by atoms with Crippen LogP contribution in [0, 0.1) is 0 Å². The maximum Gasteiger partial charge on any atom is 0.265 e. The molecule has 1 aromatic carbocycles. The number of carbonyl (C=O) groups excluding carboxylic acids is 1. The highest BCUT2D eigenvalue weighted by Gasteiger charge is 2.11. The smallest absolute Gasteiger partial charge is 0.265 e. The lowest BCUT2D eigenvalue weighted by atomic mass is 10.3. The van der Waals surface area contributed by atoms with E-state index in [2.05, 4.69) is 15.3 Å². The molecule has 2 aromatic heterocycles. The zero-order valence-electron chi connectivity index (χ0n) is 10.7. The van der Waals surface area contributed by atoms with Crippen molar-refractivity contribution >= 4 is 33.1 Å². The summed E-state index contributed by atoms with van der Waals surface area (Å²) in [6.07, 6.45) is 3.17. The van der Waals surface area contributed by atoms with Crippen LogP contribution < -0.4 is 10.1 Å². The Morgan fingerprint density at radius 3 is 3.05 bits per heavy atom. The van der Waals surface area contributed by atoms with Gasteiger partial charge in [0.05, 0.1) is 12.0 Å². The summed E-state index contributed by atoms with van der Waals surface area (Å²) in [5.74, 6) is 0.534. The van der Waals surface area contributed by atoms with Crippen molar-refractivity contribution in [1.82, 2.24) is 9.97 Å². The number of anilines is 1. The Morgan fingerprint density at radius 2 is 2.25 bits per heavy atom. The van der Waals surface area contributed by atoms with Gasteiger partial charge in [0, 0.05) is 23.3 Å². The second-order valence-corrected chi connectivity index (χ2v) is 5.11. The molecule has 0 saturated carbocycles. The molecule has 0 unspecified atom stereocenters. The number of hydrogen-bond donors (Lipinski definition) is 1. The van der Waals surface area contributed by atoms with Crippen LogP contribution in [0.25, 0.3) is 10.2 Å². The van der Waals surface area contributed by atoms with E-state index in [4.69, 9.17) is 4.74 Å². The molecule has 0 aliphatic heterocycles. The first-order valence-corrected chi connectivity index (χ1v) is 6.73. The van der Waals surface area contributed by atoms with Crippen molar-refractivity contribution < 1.29 is 9.53 Å². The van der Waals surface area contributed by atoms with Gasteiger partial charge in [-0.1, -0.05) is 6.07 Å². The second kappa shape index (κ2) is 5.26. The molecule has 0 bridgehead atoms. The van der Waals surface area contributed by atoms with Gasteiger partial charge in [0.1, 0.15) is 16.9 Å². The molecular formula is C14H11N3O2S. The van der Waals surface area contributed by atoms with E-state index in [0.717, 1.165) is 10.2 Å². The molecule has 1 amide bonds. The monoisotopic (exact) mass is 285 g/mol. The summed E-state index contributed by atoms with van der Waals surface area (Å²) in [5.41, 5.74) is 0.692. The predicted octanol–water partition coefficient (Wildman–Crippen LogP) is 2.95. The molecule has 0 radical (unpaired) electrons. The summed E-state index contributed by atoms with van der Waals surface area (Å²) in [5, 5.41) is 3.71. The number of ether oxygens (including phenoxy) is 1. The van der Waals surface area contributed by atoms with Crippen molar-refractivity contribution in [2.24, 2.45) is 0 Å². The van der Waals surface area contributed by atoms with Crippen molar-refractivity contribution in [2.45, 2.75) is 0 Å². The first-order valence-electron chi connectivity index (χ1n) is 5.91. The Morgan fingerprint density at radius 1 is 1.35 bits per heavy atom. The standard InChI is InChI=1S/C14H11N3O2S/c1-19-11-4-2-3-10(6-11)17-13(18)12-5-9-7-15-8-16-14(9)20-12/h2-8H,1H3,(H,17,18). The maximum absolute atomic E-state index is 12.2. The maximum atomic E-state index is 12.2. The first-order chi connectivity index (χ1) is 9.76. The molecule has 0 spiro atoms. The minimum absolute atomic E-state index is 0.166. The topological polar surface area (TPSA) is 64.1 Å². The number of rotatable bonds is 3. The van der Waals surface area contributed by atoms with E-state index < -0.39 is 0 Å². The number of aromatic nitrogens is 2. The molecule has 3 rings (SSSR count). The normalized spacial score (nSPS) is 10.4. The summed E-state index contributed by atoms with van der Waals surface area (Å²) in [6, 6.07) is 9.02. The lowest BCUT2D eigenvalue weighted by molar-refractivity contribution is 0.103. The predicted molar refractivity (Wildman–Crippen MR) is 78.4 cm³/mol. The minimum atomic E-state index is -0.166. The summed E-state index contributed by atoms with van der Waals surface area (Å²) in [4.78, 5) is 21.7. The highest BCUT2D eigenvalue weighted by atomic mass is 32.1. The lowest BCUT2D eigenvalue weighted by Crippen LogP contribution is -2.09. The number of hydrogen-bond acceptors (Lipinski definition) is 5. The first kappa shape index (κ1) is 12.6. The summed E-state index contributed by atoms with van der Waals surface area (Å²) in [7, 11) is 1.59. The Labute approximate surface area is 119 Å². The van der Waals surface area contributed by atoms with E-state index in [9.17, 15) is 4.79 Å². The number of fused-ring (bicyclic) bond motifs is 1. The fraction of sp³-hybridized carbons (Fsp3) is 0.0714. The number of amides is 1. The van der Waals surface area contributed by atoms with Gasteiger partial charge in [-0.2, -0.15) is 0 Å². The van der Waals surface area contributed by atoms with Crippen molar-refractivity contribution in [1.29, 1.82) is 0 Å². The van der Waals surface area contributed by atoms with E-state index in [1.54, 1.807) is 25.4 Å². The van der Waals surface area contributed by atoms with Crippen molar-refractivity contribution in [3.63, 3.8) is 0 Å². The Kier molecular flexibility index (Phi) is 3.30. The van der Waals surface area contributed by atoms with Crippen LogP contribution in [0.5, 0.6) is 5.75 Å². The summed E-state index contributed by atoms with van der Waals surface area (Å²) >= 11 is 1.34. The third-order valence-corrected chi connectivity index (χ3v) is 3.80. The third-order valence-electron chi connectivity index (χ3n) is 2.75. The van der Waals surface area contributed by atoms with Gasteiger partial charge in [0.25, 0.3) is 5.91 Å². The summed E-state index contributed by atoms with van der Waals surface area (Å²) in [6.45, 7) is 0. The molecule has 1 N–H and O–H groups in total. The van der Waals surface area contributed by atoms with Gasteiger partial charge in [0.2, 0.25) is 0 Å². The lowest BCUT2D eigenvalue weighted by Gasteiger charge is -2.05. The van der Waals surface area contributed by atoms with Crippen LogP contribution in [-0.2, 0) is 0 Å².